The molecule has 1 aliphatic rings. The highest BCUT2D eigenvalue weighted by atomic mass is 35.5. The maximum atomic E-state index is 5.73. The van der Waals surface area contributed by atoms with E-state index in [1.54, 1.807) is 0 Å². The summed E-state index contributed by atoms with van der Waals surface area (Å²) in [5.74, 6) is 2.57. The van der Waals surface area contributed by atoms with Crippen molar-refractivity contribution in [1.29, 1.82) is 0 Å². The van der Waals surface area contributed by atoms with E-state index in [4.69, 9.17) is 16.3 Å². The van der Waals surface area contributed by atoms with Gasteiger partial charge in [0.2, 0.25) is 0 Å². The molecule has 0 amide bonds. The van der Waals surface area contributed by atoms with E-state index in [1.165, 1.54) is 12.2 Å². The molecule has 0 aliphatic carbocycles. The molecule has 1 rings (SSSR count). The Hall–Kier alpha value is 0.600. The monoisotopic (exact) mass is 208 g/mol. The van der Waals surface area contributed by atoms with Gasteiger partial charge in [0, 0.05) is 17.7 Å². The molecule has 3 heteroatoms. The molecule has 72 valence electrons. The Balaban J connectivity index is 2.13. The van der Waals surface area contributed by atoms with Gasteiger partial charge in [-0.05, 0) is 25.0 Å². The lowest BCUT2D eigenvalue weighted by Crippen LogP contribution is -2.15. The van der Waals surface area contributed by atoms with Gasteiger partial charge in [0.05, 0.1) is 6.10 Å². The minimum Gasteiger partial charge on any atom is -0.377 e. The summed E-state index contributed by atoms with van der Waals surface area (Å²) in [5.41, 5.74) is 0. The van der Waals surface area contributed by atoms with Crippen molar-refractivity contribution in [2.24, 2.45) is 5.92 Å². The van der Waals surface area contributed by atoms with Crippen molar-refractivity contribution < 1.29 is 4.74 Å². The molecule has 12 heavy (non-hydrogen) atoms. The van der Waals surface area contributed by atoms with Crippen molar-refractivity contribution in [2.45, 2.75) is 31.6 Å². The van der Waals surface area contributed by atoms with Crippen molar-refractivity contribution >= 4 is 23.4 Å². The summed E-state index contributed by atoms with van der Waals surface area (Å²) in [6.45, 7) is 5.30. The van der Waals surface area contributed by atoms with Gasteiger partial charge in [-0.2, -0.15) is 11.8 Å². The highest BCUT2D eigenvalue weighted by Gasteiger charge is 2.24. The van der Waals surface area contributed by atoms with Crippen LogP contribution >= 0.6 is 23.4 Å². The number of rotatable bonds is 4. The smallest absolute Gasteiger partial charge is 0.0666 e. The molecule has 1 fully saturated rings. The van der Waals surface area contributed by atoms with Gasteiger partial charge in [0.15, 0.2) is 0 Å². The summed E-state index contributed by atoms with van der Waals surface area (Å²) in [6, 6.07) is 0. The maximum Gasteiger partial charge on any atom is 0.0666 e. The topological polar surface area (TPSA) is 9.23 Å². The first-order valence-electron chi connectivity index (χ1n) is 4.53. The summed E-state index contributed by atoms with van der Waals surface area (Å²) in [4.78, 5) is 0. The number of hydrogen-bond donors (Lipinski definition) is 0. The predicted molar refractivity (Wildman–Crippen MR) is 56.2 cm³/mol. The van der Waals surface area contributed by atoms with Gasteiger partial charge >= 0.3 is 0 Å². The Labute approximate surface area is 84.2 Å². The minimum atomic E-state index is 0.442. The van der Waals surface area contributed by atoms with E-state index < -0.39 is 0 Å². The summed E-state index contributed by atoms with van der Waals surface area (Å²) in [7, 11) is 0. The first kappa shape index (κ1) is 10.7. The second-order valence-electron chi connectivity index (χ2n) is 3.50. The highest BCUT2D eigenvalue weighted by Crippen LogP contribution is 2.27. The fraction of sp³-hybridized carbons (Fsp3) is 1.00. The summed E-state index contributed by atoms with van der Waals surface area (Å²) in [6.07, 6.45) is 1.65. The van der Waals surface area contributed by atoms with E-state index >= 15 is 0 Å². The lowest BCUT2D eigenvalue weighted by molar-refractivity contribution is 0.127. The zero-order chi connectivity index (χ0) is 8.97. The molecule has 0 aromatic carbocycles. The quantitative estimate of drug-likeness (QED) is 0.658. The van der Waals surface area contributed by atoms with Gasteiger partial charge in [-0.15, -0.1) is 11.6 Å². The van der Waals surface area contributed by atoms with Crippen LogP contribution in [-0.4, -0.2) is 29.6 Å². The van der Waals surface area contributed by atoms with Crippen molar-refractivity contribution in [2.75, 3.05) is 18.2 Å². The third-order valence-electron chi connectivity index (χ3n) is 2.16. The highest BCUT2D eigenvalue weighted by molar-refractivity contribution is 7.99. The second-order valence-corrected chi connectivity index (χ2v) is 5.08. The Morgan fingerprint density at radius 2 is 2.42 bits per heavy atom. The van der Waals surface area contributed by atoms with Crippen LogP contribution in [0, 0.1) is 5.92 Å². The van der Waals surface area contributed by atoms with E-state index in [9.17, 15) is 0 Å². The number of halogens is 1. The SMILES string of the molecule is CC(CCl)CSC1CCOC1C. The zero-order valence-electron chi connectivity index (χ0n) is 7.75. The van der Waals surface area contributed by atoms with Crippen molar-refractivity contribution in [3.05, 3.63) is 0 Å². The Bertz CT molecular complexity index is 132. The fourth-order valence-electron chi connectivity index (χ4n) is 1.26. The zero-order valence-corrected chi connectivity index (χ0v) is 9.33. The molecule has 3 atom stereocenters. The normalized spacial score (nSPS) is 32.2. The van der Waals surface area contributed by atoms with Crippen molar-refractivity contribution in [1.82, 2.24) is 0 Å². The number of thioether (sulfide) groups is 1. The molecule has 0 radical (unpaired) electrons. The van der Waals surface area contributed by atoms with Gasteiger partial charge < -0.3 is 4.74 Å². The average molecular weight is 209 g/mol. The molecular weight excluding hydrogens is 192 g/mol. The van der Waals surface area contributed by atoms with E-state index in [-0.39, 0.29) is 0 Å². The van der Waals surface area contributed by atoms with Crippen LogP contribution in [0.15, 0.2) is 0 Å². The molecule has 1 heterocycles. The van der Waals surface area contributed by atoms with Crippen LogP contribution in [0.4, 0.5) is 0 Å². The van der Waals surface area contributed by atoms with Gasteiger partial charge in [0.1, 0.15) is 0 Å². The second kappa shape index (κ2) is 5.36. The molecule has 0 spiro atoms. The van der Waals surface area contributed by atoms with Crippen molar-refractivity contribution in [3.8, 4) is 0 Å². The molecule has 0 saturated carbocycles. The average Bonchev–Trinajstić information content (AvgIpc) is 2.47. The summed E-state index contributed by atoms with van der Waals surface area (Å²) >= 11 is 7.74. The molecule has 0 N–H and O–H groups in total. The van der Waals surface area contributed by atoms with Crippen LogP contribution in [0.1, 0.15) is 20.3 Å². The van der Waals surface area contributed by atoms with Crippen LogP contribution in [0.2, 0.25) is 0 Å². The maximum absolute atomic E-state index is 5.73. The molecule has 3 unspecified atom stereocenters. The van der Waals surface area contributed by atoms with Gasteiger partial charge in [0.25, 0.3) is 0 Å². The lowest BCUT2D eigenvalue weighted by Gasteiger charge is -2.15. The van der Waals surface area contributed by atoms with E-state index in [0.717, 1.165) is 12.5 Å². The van der Waals surface area contributed by atoms with E-state index in [2.05, 4.69) is 13.8 Å². The minimum absolute atomic E-state index is 0.442. The van der Waals surface area contributed by atoms with Gasteiger partial charge in [-0.1, -0.05) is 6.92 Å². The fourth-order valence-corrected chi connectivity index (χ4v) is 2.81. The van der Waals surface area contributed by atoms with Gasteiger partial charge in [-0.3, -0.25) is 0 Å². The molecule has 1 nitrogen and oxygen atoms in total. The van der Waals surface area contributed by atoms with Crippen LogP contribution in [0.3, 0.4) is 0 Å². The van der Waals surface area contributed by atoms with Crippen LogP contribution in [-0.2, 0) is 4.74 Å². The summed E-state index contributed by atoms with van der Waals surface area (Å²) in [5, 5.41) is 0.704. The molecule has 1 aliphatic heterocycles. The van der Waals surface area contributed by atoms with Gasteiger partial charge in [-0.25, -0.2) is 0 Å². The van der Waals surface area contributed by atoms with E-state index in [1.807, 2.05) is 11.8 Å². The Morgan fingerprint density at radius 3 is 2.92 bits per heavy atom. The van der Waals surface area contributed by atoms with Crippen LogP contribution < -0.4 is 0 Å². The third kappa shape index (κ3) is 3.15. The third-order valence-corrected chi connectivity index (χ3v) is 4.50. The first-order chi connectivity index (χ1) is 5.74. The van der Waals surface area contributed by atoms with Crippen LogP contribution in [0.25, 0.3) is 0 Å². The van der Waals surface area contributed by atoms with E-state index in [0.29, 0.717) is 17.3 Å². The number of ether oxygens (including phenoxy) is 1. The lowest BCUT2D eigenvalue weighted by atomic mass is 10.2. The van der Waals surface area contributed by atoms with Crippen LogP contribution in [0.5, 0.6) is 0 Å². The molecule has 0 aromatic rings. The largest absolute Gasteiger partial charge is 0.377 e. The number of hydrogen-bond acceptors (Lipinski definition) is 2. The first-order valence-corrected chi connectivity index (χ1v) is 6.11. The Kier molecular flexibility index (Phi) is 4.77. The summed E-state index contributed by atoms with van der Waals surface area (Å²) < 4.78 is 5.48. The molecular formula is C9H17ClOS. The van der Waals surface area contributed by atoms with Crippen molar-refractivity contribution in [3.63, 3.8) is 0 Å². The Morgan fingerprint density at radius 1 is 1.67 bits per heavy atom. The standard InChI is InChI=1S/C9H17ClOS/c1-7(5-10)6-12-9-3-4-11-8(9)2/h7-9H,3-6H2,1-2H3. The number of alkyl halides is 1. The molecule has 0 aromatic heterocycles. The molecule has 1 saturated heterocycles. The molecule has 0 bridgehead atoms. The predicted octanol–water partition coefficient (Wildman–Crippen LogP) is 2.77.